The molecule has 1 unspecified atom stereocenters. The van der Waals surface area contributed by atoms with Gasteiger partial charge in [-0.2, -0.15) is 0 Å². The van der Waals surface area contributed by atoms with E-state index in [1.54, 1.807) is 0 Å². The Bertz CT molecular complexity index is 479. The summed E-state index contributed by atoms with van der Waals surface area (Å²) in [7, 11) is 0. The summed E-state index contributed by atoms with van der Waals surface area (Å²) in [4.78, 5) is 2.28. The summed E-state index contributed by atoms with van der Waals surface area (Å²) >= 11 is 0. The fraction of sp³-hybridized carbons (Fsp3) is 0.600. The first-order valence-electron chi connectivity index (χ1n) is 7.23. The number of anilines is 1. The molecular weight excluding hydrogens is 284 g/mol. The van der Waals surface area contributed by atoms with Gasteiger partial charge in [0.15, 0.2) is 23.3 Å². The number of hydrogen-bond acceptors (Lipinski definition) is 2. The zero-order chi connectivity index (χ0) is 15.6. The molecule has 0 aliphatic carbocycles. The number of hydrogen-bond donors (Lipinski definition) is 1. The second kappa shape index (κ2) is 6.64. The summed E-state index contributed by atoms with van der Waals surface area (Å²) in [5.74, 6) is -5.49. The third kappa shape index (κ3) is 3.67. The molecule has 118 valence electrons. The van der Waals surface area contributed by atoms with Crippen LogP contribution in [0.25, 0.3) is 0 Å². The van der Waals surface area contributed by atoms with E-state index in [1.807, 2.05) is 0 Å². The van der Waals surface area contributed by atoms with Crippen LogP contribution in [0, 0.1) is 23.3 Å². The molecule has 1 aromatic carbocycles. The molecule has 0 bridgehead atoms. The average Bonchev–Trinajstić information content (AvgIpc) is 2.67. The number of halogens is 4. The minimum absolute atomic E-state index is 0.195. The van der Waals surface area contributed by atoms with Gasteiger partial charge < -0.3 is 10.2 Å². The van der Waals surface area contributed by atoms with Gasteiger partial charge in [0.2, 0.25) is 0 Å². The molecule has 6 heteroatoms. The minimum atomic E-state index is -1.38. The molecule has 21 heavy (non-hydrogen) atoms. The van der Waals surface area contributed by atoms with Crippen LogP contribution in [0.3, 0.4) is 0 Å². The molecule has 1 N–H and O–H groups in total. The number of nitrogens with one attached hydrogen (secondary N) is 1. The zero-order valence-corrected chi connectivity index (χ0v) is 12.2. The van der Waals surface area contributed by atoms with E-state index in [1.165, 1.54) is 0 Å². The van der Waals surface area contributed by atoms with E-state index in [0.717, 1.165) is 19.5 Å². The van der Waals surface area contributed by atoms with E-state index in [4.69, 9.17) is 0 Å². The molecule has 0 spiro atoms. The van der Waals surface area contributed by atoms with Crippen LogP contribution in [0.15, 0.2) is 6.07 Å². The number of nitrogens with zero attached hydrogens (tertiary/aromatic N) is 1. The third-order valence-electron chi connectivity index (χ3n) is 3.95. The molecule has 1 atom stereocenters. The molecule has 0 aromatic heterocycles. The highest BCUT2D eigenvalue weighted by atomic mass is 19.2. The van der Waals surface area contributed by atoms with E-state index in [0.29, 0.717) is 18.9 Å². The van der Waals surface area contributed by atoms with Gasteiger partial charge in [-0.3, -0.25) is 0 Å². The number of benzene rings is 1. The molecule has 1 aliphatic rings. The summed E-state index contributed by atoms with van der Waals surface area (Å²) in [6.07, 6.45) is 2.26. The lowest BCUT2D eigenvalue weighted by Crippen LogP contribution is -2.32. The highest BCUT2D eigenvalue weighted by Crippen LogP contribution is 2.26. The van der Waals surface area contributed by atoms with E-state index in [9.17, 15) is 17.6 Å². The van der Waals surface area contributed by atoms with Crippen LogP contribution in [0.4, 0.5) is 23.2 Å². The van der Waals surface area contributed by atoms with Crippen molar-refractivity contribution in [2.75, 3.05) is 18.4 Å². The van der Waals surface area contributed by atoms with Crippen molar-refractivity contribution in [3.8, 4) is 0 Å². The maximum Gasteiger partial charge on any atom is 0.185 e. The van der Waals surface area contributed by atoms with Crippen molar-refractivity contribution in [3.63, 3.8) is 0 Å². The lowest BCUT2D eigenvalue weighted by atomic mass is 10.1. The van der Waals surface area contributed by atoms with Gasteiger partial charge in [-0.15, -0.1) is 0 Å². The molecule has 2 nitrogen and oxygen atoms in total. The Kier molecular flexibility index (Phi) is 5.08. The SMILES string of the molecule is CC(C)N1CCCC(Nc2c(F)c(F)cc(F)c2F)CC1. The van der Waals surface area contributed by atoms with E-state index < -0.39 is 29.0 Å². The van der Waals surface area contributed by atoms with Crippen molar-refractivity contribution >= 4 is 5.69 Å². The van der Waals surface area contributed by atoms with E-state index in [-0.39, 0.29) is 12.1 Å². The summed E-state index contributed by atoms with van der Waals surface area (Å²) in [5.41, 5.74) is -0.699. The maximum atomic E-state index is 13.6. The van der Waals surface area contributed by atoms with Crippen LogP contribution in [0.2, 0.25) is 0 Å². The van der Waals surface area contributed by atoms with Crippen molar-refractivity contribution in [2.45, 2.75) is 45.2 Å². The summed E-state index contributed by atoms with van der Waals surface area (Å²) in [6, 6.07) is 0.437. The van der Waals surface area contributed by atoms with Gasteiger partial charge in [0, 0.05) is 24.7 Å². The molecule has 1 aliphatic heterocycles. The second-order valence-corrected chi connectivity index (χ2v) is 5.75. The number of likely N-dealkylation sites (tertiary alicyclic amines) is 1. The Hall–Kier alpha value is -1.30. The summed E-state index contributed by atoms with van der Waals surface area (Å²) in [5, 5.41) is 2.64. The molecule has 2 rings (SSSR count). The number of rotatable bonds is 3. The first-order valence-corrected chi connectivity index (χ1v) is 7.23. The van der Waals surface area contributed by atoms with Gasteiger partial charge in [0.05, 0.1) is 0 Å². The van der Waals surface area contributed by atoms with Crippen LogP contribution in [-0.2, 0) is 0 Å². The fourth-order valence-electron chi connectivity index (χ4n) is 2.68. The zero-order valence-electron chi connectivity index (χ0n) is 12.2. The highest BCUT2D eigenvalue weighted by molar-refractivity contribution is 5.48. The largest absolute Gasteiger partial charge is 0.377 e. The van der Waals surface area contributed by atoms with Crippen molar-refractivity contribution in [3.05, 3.63) is 29.3 Å². The molecule has 1 aromatic rings. The predicted molar refractivity (Wildman–Crippen MR) is 74.2 cm³/mol. The van der Waals surface area contributed by atoms with Crippen LogP contribution in [0.1, 0.15) is 33.1 Å². The standard InChI is InChI=1S/C15H20F4N2/c1-9(2)21-6-3-4-10(5-7-21)20-15-13(18)11(16)8-12(17)14(15)19/h8-10,20H,3-7H2,1-2H3. The summed E-state index contributed by atoms with van der Waals surface area (Å²) in [6.45, 7) is 5.89. The smallest absolute Gasteiger partial charge is 0.185 e. The van der Waals surface area contributed by atoms with Gasteiger partial charge in [-0.25, -0.2) is 17.6 Å². The first kappa shape index (κ1) is 16.1. The van der Waals surface area contributed by atoms with Gasteiger partial charge in [-0.1, -0.05) is 0 Å². The lowest BCUT2D eigenvalue weighted by Gasteiger charge is -2.24. The Labute approximate surface area is 122 Å². The third-order valence-corrected chi connectivity index (χ3v) is 3.95. The predicted octanol–water partition coefficient (Wildman–Crippen LogP) is 3.92. The molecule has 1 fully saturated rings. The minimum Gasteiger partial charge on any atom is -0.377 e. The molecular formula is C15H20F4N2. The molecule has 0 saturated carbocycles. The van der Waals surface area contributed by atoms with Gasteiger partial charge in [0.25, 0.3) is 0 Å². The monoisotopic (exact) mass is 304 g/mol. The van der Waals surface area contributed by atoms with E-state index in [2.05, 4.69) is 24.1 Å². The van der Waals surface area contributed by atoms with Crippen molar-refractivity contribution in [1.82, 2.24) is 4.90 Å². The van der Waals surface area contributed by atoms with Crippen molar-refractivity contribution in [1.29, 1.82) is 0 Å². The van der Waals surface area contributed by atoms with E-state index >= 15 is 0 Å². The summed E-state index contributed by atoms with van der Waals surface area (Å²) < 4.78 is 53.7. The lowest BCUT2D eigenvalue weighted by molar-refractivity contribution is 0.230. The Morgan fingerprint density at radius 1 is 1.05 bits per heavy atom. The molecule has 1 heterocycles. The Morgan fingerprint density at radius 2 is 1.67 bits per heavy atom. The first-order chi connectivity index (χ1) is 9.90. The molecule has 0 amide bonds. The van der Waals surface area contributed by atoms with Gasteiger partial charge >= 0.3 is 0 Å². The fourth-order valence-corrected chi connectivity index (χ4v) is 2.68. The van der Waals surface area contributed by atoms with Crippen LogP contribution >= 0.6 is 0 Å². The maximum absolute atomic E-state index is 13.6. The van der Waals surface area contributed by atoms with Crippen LogP contribution in [0.5, 0.6) is 0 Å². The normalized spacial score (nSPS) is 20.6. The Morgan fingerprint density at radius 3 is 2.24 bits per heavy atom. The molecule has 0 radical (unpaired) electrons. The van der Waals surface area contributed by atoms with Gasteiger partial charge in [-0.05, 0) is 39.7 Å². The van der Waals surface area contributed by atoms with Crippen LogP contribution in [-0.4, -0.2) is 30.1 Å². The average molecular weight is 304 g/mol. The van der Waals surface area contributed by atoms with Crippen molar-refractivity contribution < 1.29 is 17.6 Å². The van der Waals surface area contributed by atoms with Gasteiger partial charge in [0.1, 0.15) is 5.69 Å². The van der Waals surface area contributed by atoms with Crippen molar-refractivity contribution in [2.24, 2.45) is 0 Å². The molecule has 1 saturated heterocycles. The quantitative estimate of drug-likeness (QED) is 0.672. The second-order valence-electron chi connectivity index (χ2n) is 5.75. The topological polar surface area (TPSA) is 15.3 Å². The Balaban J connectivity index is 2.12. The van der Waals surface area contributed by atoms with Crippen LogP contribution < -0.4 is 5.32 Å². The highest BCUT2D eigenvalue weighted by Gasteiger charge is 2.24.